The minimum atomic E-state index is -0.367. The van der Waals surface area contributed by atoms with Crippen LogP contribution in [-0.4, -0.2) is 12.4 Å². The van der Waals surface area contributed by atoms with E-state index in [1.54, 1.807) is 6.26 Å². The maximum Gasteiger partial charge on any atom is 0.207 e. The van der Waals surface area contributed by atoms with Gasteiger partial charge in [-0.3, -0.25) is 0 Å². The zero-order valence-corrected chi connectivity index (χ0v) is 7.52. The first-order valence-corrected chi connectivity index (χ1v) is 4.14. The Morgan fingerprint density at radius 1 is 1.73 bits per heavy atom. The highest BCUT2D eigenvalue weighted by molar-refractivity contribution is 4.98. The van der Waals surface area contributed by atoms with Crippen LogP contribution in [-0.2, 0) is 9.47 Å². The molecule has 0 radical (unpaired) electrons. The molecule has 0 aliphatic carbocycles. The molecule has 0 saturated carbocycles. The molecule has 1 aliphatic rings. The van der Waals surface area contributed by atoms with Crippen LogP contribution >= 0.6 is 0 Å². The zero-order chi connectivity index (χ0) is 8.32. The average molecular weight is 156 g/mol. The average Bonchev–Trinajstić information content (AvgIpc) is 1.97. The van der Waals surface area contributed by atoms with Crippen LogP contribution in [0, 0.1) is 0 Å². The molecule has 0 spiro atoms. The molecule has 11 heavy (non-hydrogen) atoms. The van der Waals surface area contributed by atoms with Crippen LogP contribution in [0.5, 0.6) is 0 Å². The molecule has 1 atom stereocenters. The van der Waals surface area contributed by atoms with Crippen molar-refractivity contribution in [1.29, 1.82) is 0 Å². The molecule has 0 fully saturated rings. The fourth-order valence-electron chi connectivity index (χ4n) is 1.18. The fourth-order valence-corrected chi connectivity index (χ4v) is 1.18. The van der Waals surface area contributed by atoms with Crippen molar-refractivity contribution in [1.82, 2.24) is 0 Å². The summed E-state index contributed by atoms with van der Waals surface area (Å²) in [5.41, 5.74) is 1.29. The molecule has 2 nitrogen and oxygen atoms in total. The van der Waals surface area contributed by atoms with Crippen molar-refractivity contribution in [3.63, 3.8) is 0 Å². The summed E-state index contributed by atoms with van der Waals surface area (Å²) < 4.78 is 10.9. The highest BCUT2D eigenvalue weighted by atomic mass is 16.7. The standard InChI is InChI=1S/C9H16O2/c1-4-10-9(3)6-5-8(2)7-11-9/h7H,4-6H2,1-3H3. The van der Waals surface area contributed by atoms with Gasteiger partial charge in [0.05, 0.1) is 6.26 Å². The van der Waals surface area contributed by atoms with E-state index in [0.29, 0.717) is 6.61 Å². The second-order valence-corrected chi connectivity index (χ2v) is 3.15. The molecule has 0 aromatic rings. The molecule has 2 heteroatoms. The molecule has 1 aliphatic heterocycles. The van der Waals surface area contributed by atoms with Gasteiger partial charge in [-0.25, -0.2) is 0 Å². The van der Waals surface area contributed by atoms with Crippen molar-refractivity contribution in [3.05, 3.63) is 11.8 Å². The fraction of sp³-hybridized carbons (Fsp3) is 0.778. The SMILES string of the molecule is CCOC1(C)CCC(C)=CO1. The Hall–Kier alpha value is -0.500. The third-order valence-electron chi connectivity index (χ3n) is 1.93. The Balaban J connectivity index is 2.49. The number of hydrogen-bond donors (Lipinski definition) is 0. The van der Waals surface area contributed by atoms with Gasteiger partial charge >= 0.3 is 0 Å². The van der Waals surface area contributed by atoms with Gasteiger partial charge in [-0.05, 0) is 25.8 Å². The second-order valence-electron chi connectivity index (χ2n) is 3.15. The quantitative estimate of drug-likeness (QED) is 0.611. The van der Waals surface area contributed by atoms with Crippen molar-refractivity contribution in [3.8, 4) is 0 Å². The largest absolute Gasteiger partial charge is 0.470 e. The maximum atomic E-state index is 5.45. The van der Waals surface area contributed by atoms with E-state index in [0.717, 1.165) is 12.8 Å². The lowest BCUT2D eigenvalue weighted by Crippen LogP contribution is -2.32. The van der Waals surface area contributed by atoms with E-state index < -0.39 is 0 Å². The van der Waals surface area contributed by atoms with Gasteiger partial charge in [0.25, 0.3) is 0 Å². The summed E-state index contributed by atoms with van der Waals surface area (Å²) in [6.07, 6.45) is 3.85. The van der Waals surface area contributed by atoms with Gasteiger partial charge in [0, 0.05) is 20.0 Å². The molecular weight excluding hydrogens is 140 g/mol. The summed E-state index contributed by atoms with van der Waals surface area (Å²) in [5, 5.41) is 0. The van der Waals surface area contributed by atoms with E-state index in [-0.39, 0.29) is 5.79 Å². The smallest absolute Gasteiger partial charge is 0.207 e. The van der Waals surface area contributed by atoms with Crippen LogP contribution in [0.15, 0.2) is 11.8 Å². The van der Waals surface area contributed by atoms with Crippen LogP contribution in [0.25, 0.3) is 0 Å². The molecule has 0 N–H and O–H groups in total. The highest BCUT2D eigenvalue weighted by Gasteiger charge is 2.27. The number of ether oxygens (including phenoxy) is 2. The molecule has 0 saturated heterocycles. The molecule has 64 valence electrons. The molecule has 1 unspecified atom stereocenters. The normalized spacial score (nSPS) is 31.0. The molecule has 1 heterocycles. The topological polar surface area (TPSA) is 18.5 Å². The Morgan fingerprint density at radius 3 is 2.91 bits per heavy atom. The second kappa shape index (κ2) is 3.26. The number of rotatable bonds is 2. The summed E-state index contributed by atoms with van der Waals surface area (Å²) >= 11 is 0. The summed E-state index contributed by atoms with van der Waals surface area (Å²) in [7, 11) is 0. The molecular formula is C9H16O2. The van der Waals surface area contributed by atoms with Crippen molar-refractivity contribution in [2.24, 2.45) is 0 Å². The van der Waals surface area contributed by atoms with E-state index in [9.17, 15) is 0 Å². The number of hydrogen-bond acceptors (Lipinski definition) is 2. The Kier molecular flexibility index (Phi) is 2.55. The summed E-state index contributed by atoms with van der Waals surface area (Å²) in [6.45, 7) is 6.76. The van der Waals surface area contributed by atoms with Crippen LogP contribution in [0.3, 0.4) is 0 Å². The predicted molar refractivity (Wildman–Crippen MR) is 44.1 cm³/mol. The lowest BCUT2D eigenvalue weighted by Gasteiger charge is -2.32. The lowest BCUT2D eigenvalue weighted by atomic mass is 10.1. The Labute approximate surface area is 68.2 Å². The first-order chi connectivity index (χ1) is 5.16. The van der Waals surface area contributed by atoms with Crippen molar-refractivity contribution >= 4 is 0 Å². The van der Waals surface area contributed by atoms with E-state index in [2.05, 4.69) is 6.92 Å². The van der Waals surface area contributed by atoms with Gasteiger partial charge in [0.2, 0.25) is 5.79 Å². The maximum absolute atomic E-state index is 5.45. The van der Waals surface area contributed by atoms with E-state index in [1.807, 2.05) is 13.8 Å². The Bertz CT molecular complexity index is 163. The van der Waals surface area contributed by atoms with Crippen LogP contribution < -0.4 is 0 Å². The Morgan fingerprint density at radius 2 is 2.45 bits per heavy atom. The third-order valence-corrected chi connectivity index (χ3v) is 1.93. The van der Waals surface area contributed by atoms with Crippen molar-refractivity contribution in [2.75, 3.05) is 6.61 Å². The number of allylic oxidation sites excluding steroid dienone is 1. The monoisotopic (exact) mass is 156 g/mol. The molecule has 1 rings (SSSR count). The van der Waals surface area contributed by atoms with E-state index in [1.165, 1.54) is 5.57 Å². The van der Waals surface area contributed by atoms with Gasteiger partial charge in [-0.1, -0.05) is 0 Å². The summed E-state index contributed by atoms with van der Waals surface area (Å²) in [4.78, 5) is 0. The minimum absolute atomic E-state index is 0.367. The first-order valence-electron chi connectivity index (χ1n) is 4.14. The van der Waals surface area contributed by atoms with E-state index >= 15 is 0 Å². The van der Waals surface area contributed by atoms with Gasteiger partial charge in [0.1, 0.15) is 0 Å². The summed E-state index contributed by atoms with van der Waals surface area (Å²) in [5.74, 6) is -0.367. The van der Waals surface area contributed by atoms with Gasteiger partial charge < -0.3 is 9.47 Å². The van der Waals surface area contributed by atoms with Gasteiger partial charge in [0.15, 0.2) is 0 Å². The van der Waals surface area contributed by atoms with Crippen LogP contribution in [0.1, 0.15) is 33.6 Å². The summed E-state index contributed by atoms with van der Waals surface area (Å²) in [6, 6.07) is 0. The third kappa shape index (κ3) is 2.22. The lowest BCUT2D eigenvalue weighted by molar-refractivity contribution is -0.201. The van der Waals surface area contributed by atoms with E-state index in [4.69, 9.17) is 9.47 Å². The van der Waals surface area contributed by atoms with Crippen LogP contribution in [0.2, 0.25) is 0 Å². The minimum Gasteiger partial charge on any atom is -0.470 e. The molecule has 0 amide bonds. The van der Waals surface area contributed by atoms with Crippen molar-refractivity contribution in [2.45, 2.75) is 39.4 Å². The van der Waals surface area contributed by atoms with Crippen LogP contribution in [0.4, 0.5) is 0 Å². The molecule has 0 aromatic carbocycles. The first kappa shape index (κ1) is 8.60. The predicted octanol–water partition coefficient (Wildman–Crippen LogP) is 2.45. The molecule has 0 aromatic heterocycles. The highest BCUT2D eigenvalue weighted by Crippen LogP contribution is 2.27. The van der Waals surface area contributed by atoms with Gasteiger partial charge in [-0.2, -0.15) is 0 Å². The van der Waals surface area contributed by atoms with Crippen molar-refractivity contribution < 1.29 is 9.47 Å². The van der Waals surface area contributed by atoms with Gasteiger partial charge in [-0.15, -0.1) is 0 Å². The zero-order valence-electron chi connectivity index (χ0n) is 7.52. The molecule has 0 bridgehead atoms.